The zero-order valence-electron chi connectivity index (χ0n) is 9.75. The van der Waals surface area contributed by atoms with E-state index in [0.717, 1.165) is 5.56 Å². The molecule has 0 fully saturated rings. The number of aromatic nitrogens is 1. The number of carboxylic acid groups (broad SMARTS) is 1. The van der Waals surface area contributed by atoms with E-state index in [1.165, 1.54) is 18.2 Å². The second-order valence-electron chi connectivity index (χ2n) is 3.66. The van der Waals surface area contributed by atoms with Gasteiger partial charge in [-0.05, 0) is 24.3 Å². The average molecular weight is 276 g/mol. The molecule has 0 aliphatic heterocycles. The molecule has 0 bridgehead atoms. The highest BCUT2D eigenvalue weighted by atomic mass is 35.5. The predicted octanol–water partition coefficient (Wildman–Crippen LogP) is 2.88. The van der Waals surface area contributed by atoms with E-state index in [1.807, 2.05) is 6.07 Å². The number of nitrogens with zero attached hydrogens (tertiary/aromatic N) is 2. The highest BCUT2D eigenvalue weighted by Gasteiger charge is 2.06. The van der Waals surface area contributed by atoms with Crippen LogP contribution in [0.25, 0.3) is 0 Å². The Morgan fingerprint density at radius 1 is 1.42 bits per heavy atom. The van der Waals surface area contributed by atoms with Crippen LogP contribution in [-0.4, -0.2) is 22.3 Å². The summed E-state index contributed by atoms with van der Waals surface area (Å²) in [7, 11) is 0. The number of nitrogens with one attached hydrogen (secondary N) is 1. The van der Waals surface area contributed by atoms with Crippen molar-refractivity contribution >= 4 is 29.5 Å². The van der Waals surface area contributed by atoms with Gasteiger partial charge >= 0.3 is 5.97 Å². The summed E-state index contributed by atoms with van der Waals surface area (Å²) < 4.78 is 0. The maximum atomic E-state index is 10.8. The summed E-state index contributed by atoms with van der Waals surface area (Å²) in [6.07, 6.45) is 4.88. The van der Waals surface area contributed by atoms with E-state index >= 15 is 0 Å². The van der Waals surface area contributed by atoms with E-state index in [1.54, 1.807) is 24.7 Å². The number of halogens is 1. The molecule has 0 amide bonds. The van der Waals surface area contributed by atoms with E-state index < -0.39 is 5.97 Å². The van der Waals surface area contributed by atoms with Crippen molar-refractivity contribution in [3.05, 3.63) is 58.9 Å². The number of aromatic carboxylic acids is 1. The first-order valence-electron chi connectivity index (χ1n) is 5.39. The van der Waals surface area contributed by atoms with Crippen molar-refractivity contribution in [3.63, 3.8) is 0 Å². The molecule has 0 radical (unpaired) electrons. The first-order valence-corrected chi connectivity index (χ1v) is 5.76. The molecule has 6 heteroatoms. The van der Waals surface area contributed by atoms with Gasteiger partial charge in [0.2, 0.25) is 0 Å². The molecular weight excluding hydrogens is 266 g/mol. The van der Waals surface area contributed by atoms with Gasteiger partial charge in [-0.25, -0.2) is 4.79 Å². The van der Waals surface area contributed by atoms with Gasteiger partial charge in [-0.1, -0.05) is 17.7 Å². The van der Waals surface area contributed by atoms with Crippen LogP contribution in [0.3, 0.4) is 0 Å². The van der Waals surface area contributed by atoms with Crippen molar-refractivity contribution in [3.8, 4) is 0 Å². The first-order chi connectivity index (χ1) is 9.16. The molecule has 0 saturated heterocycles. The van der Waals surface area contributed by atoms with E-state index in [0.29, 0.717) is 10.7 Å². The summed E-state index contributed by atoms with van der Waals surface area (Å²) in [5.74, 6) is -1.02. The molecule has 0 saturated carbocycles. The number of hydrazone groups is 1. The van der Waals surface area contributed by atoms with Gasteiger partial charge in [0.1, 0.15) is 0 Å². The fourth-order valence-corrected chi connectivity index (χ4v) is 1.53. The minimum atomic E-state index is -1.02. The lowest BCUT2D eigenvalue weighted by molar-refractivity contribution is 0.0697. The number of anilines is 1. The van der Waals surface area contributed by atoms with Crippen molar-refractivity contribution in [1.82, 2.24) is 4.98 Å². The lowest BCUT2D eigenvalue weighted by Crippen LogP contribution is -1.98. The first kappa shape index (κ1) is 13.0. The zero-order valence-corrected chi connectivity index (χ0v) is 10.5. The van der Waals surface area contributed by atoms with Gasteiger partial charge in [-0.3, -0.25) is 10.4 Å². The van der Waals surface area contributed by atoms with Gasteiger partial charge < -0.3 is 5.11 Å². The van der Waals surface area contributed by atoms with Crippen LogP contribution < -0.4 is 5.43 Å². The monoisotopic (exact) mass is 275 g/mol. The normalized spacial score (nSPS) is 10.6. The fraction of sp³-hybridized carbons (Fsp3) is 0. The van der Waals surface area contributed by atoms with Crippen molar-refractivity contribution in [2.45, 2.75) is 0 Å². The Morgan fingerprint density at radius 2 is 2.26 bits per heavy atom. The Morgan fingerprint density at radius 3 is 2.95 bits per heavy atom. The Balaban J connectivity index is 2.13. The second-order valence-corrected chi connectivity index (χ2v) is 4.06. The molecule has 19 heavy (non-hydrogen) atoms. The van der Waals surface area contributed by atoms with Gasteiger partial charge in [0, 0.05) is 18.0 Å². The number of hydrogen-bond donors (Lipinski definition) is 2. The number of carbonyl (C=O) groups is 1. The minimum Gasteiger partial charge on any atom is -0.478 e. The van der Waals surface area contributed by atoms with Crippen molar-refractivity contribution in [2.75, 3.05) is 5.43 Å². The van der Waals surface area contributed by atoms with E-state index in [9.17, 15) is 4.79 Å². The van der Waals surface area contributed by atoms with E-state index in [-0.39, 0.29) is 5.56 Å². The second kappa shape index (κ2) is 5.97. The number of benzene rings is 1. The van der Waals surface area contributed by atoms with Gasteiger partial charge in [0.25, 0.3) is 0 Å². The topological polar surface area (TPSA) is 74.6 Å². The summed E-state index contributed by atoms with van der Waals surface area (Å²) in [4.78, 5) is 14.8. The maximum Gasteiger partial charge on any atom is 0.335 e. The van der Waals surface area contributed by atoms with E-state index in [2.05, 4.69) is 15.5 Å². The van der Waals surface area contributed by atoms with E-state index in [4.69, 9.17) is 16.7 Å². The van der Waals surface area contributed by atoms with Crippen LogP contribution in [0, 0.1) is 0 Å². The predicted molar refractivity (Wildman–Crippen MR) is 73.9 cm³/mol. The third kappa shape index (κ3) is 3.53. The molecule has 0 spiro atoms. The molecule has 2 N–H and O–H groups in total. The largest absolute Gasteiger partial charge is 0.478 e. The molecule has 0 atom stereocenters. The Kier molecular flexibility index (Phi) is 4.10. The van der Waals surface area contributed by atoms with Crippen LogP contribution in [0.15, 0.2) is 47.8 Å². The highest BCUT2D eigenvalue weighted by molar-refractivity contribution is 6.33. The summed E-state index contributed by atoms with van der Waals surface area (Å²) in [6.45, 7) is 0. The van der Waals surface area contributed by atoms with Crippen molar-refractivity contribution < 1.29 is 9.90 Å². The quantitative estimate of drug-likeness (QED) is 0.665. The number of rotatable bonds is 4. The zero-order chi connectivity index (χ0) is 13.7. The Bertz CT molecular complexity index is 615. The van der Waals surface area contributed by atoms with Crippen LogP contribution in [0.4, 0.5) is 5.69 Å². The van der Waals surface area contributed by atoms with Crippen LogP contribution in [-0.2, 0) is 0 Å². The van der Waals surface area contributed by atoms with Gasteiger partial charge in [0.05, 0.1) is 22.5 Å². The molecule has 2 aromatic rings. The number of carboxylic acids is 1. The molecule has 96 valence electrons. The van der Waals surface area contributed by atoms with Crippen molar-refractivity contribution in [2.24, 2.45) is 5.10 Å². The molecule has 0 aliphatic rings. The maximum absolute atomic E-state index is 10.8. The number of pyridine rings is 1. The van der Waals surface area contributed by atoms with Crippen LogP contribution in [0.1, 0.15) is 15.9 Å². The number of hydrogen-bond acceptors (Lipinski definition) is 4. The Labute approximate surface area is 114 Å². The summed E-state index contributed by atoms with van der Waals surface area (Å²) in [5, 5.41) is 13.3. The van der Waals surface area contributed by atoms with Crippen LogP contribution >= 0.6 is 11.6 Å². The lowest BCUT2D eigenvalue weighted by Gasteiger charge is -2.04. The van der Waals surface area contributed by atoms with Gasteiger partial charge in [-0.15, -0.1) is 0 Å². The van der Waals surface area contributed by atoms with Crippen LogP contribution in [0.5, 0.6) is 0 Å². The minimum absolute atomic E-state index is 0.142. The average Bonchev–Trinajstić information content (AvgIpc) is 2.42. The molecule has 1 heterocycles. The third-order valence-corrected chi connectivity index (χ3v) is 2.63. The van der Waals surface area contributed by atoms with Crippen molar-refractivity contribution in [1.29, 1.82) is 0 Å². The molecule has 5 nitrogen and oxygen atoms in total. The summed E-state index contributed by atoms with van der Waals surface area (Å²) >= 11 is 5.94. The third-order valence-electron chi connectivity index (χ3n) is 2.30. The van der Waals surface area contributed by atoms with Gasteiger partial charge in [-0.2, -0.15) is 5.10 Å². The smallest absolute Gasteiger partial charge is 0.335 e. The molecule has 1 aromatic heterocycles. The lowest BCUT2D eigenvalue weighted by atomic mass is 10.2. The molecule has 2 rings (SSSR count). The molecule has 1 aromatic carbocycles. The summed E-state index contributed by atoms with van der Waals surface area (Å²) in [5.41, 5.74) is 4.10. The summed E-state index contributed by atoms with van der Waals surface area (Å²) in [6, 6.07) is 7.99. The standard InChI is InChI=1S/C13H10ClN3O2/c14-11-4-3-10(13(18)19)6-12(11)17-16-8-9-2-1-5-15-7-9/h1-8,17H,(H,18,19)/b16-8-. The van der Waals surface area contributed by atoms with Crippen LogP contribution in [0.2, 0.25) is 5.02 Å². The SMILES string of the molecule is O=C(O)c1ccc(Cl)c(N/N=C\c2cccnc2)c1. The van der Waals surface area contributed by atoms with Gasteiger partial charge in [0.15, 0.2) is 0 Å². The highest BCUT2D eigenvalue weighted by Crippen LogP contribution is 2.23. The Hall–Kier alpha value is -2.40. The molecule has 0 unspecified atom stereocenters. The molecule has 0 aliphatic carbocycles. The fourth-order valence-electron chi connectivity index (χ4n) is 1.37. The molecular formula is C13H10ClN3O2.